The van der Waals surface area contributed by atoms with Gasteiger partial charge in [0, 0.05) is 0 Å². The summed E-state index contributed by atoms with van der Waals surface area (Å²) in [7, 11) is 0. The van der Waals surface area contributed by atoms with E-state index >= 15 is 0 Å². The van der Waals surface area contributed by atoms with Crippen LogP contribution in [0, 0.1) is 0 Å². The van der Waals surface area contributed by atoms with E-state index in [9.17, 15) is 0 Å². The molecule has 1 aliphatic rings. The second-order valence-corrected chi connectivity index (χ2v) is 9.13. The molecule has 5 rings (SSSR count). The van der Waals surface area contributed by atoms with Crippen LogP contribution in [0.5, 0.6) is 0 Å². The third kappa shape index (κ3) is 5.13. The summed E-state index contributed by atoms with van der Waals surface area (Å²) in [5, 5.41) is 0. The molecule has 0 radical (unpaired) electrons. The Hall–Kier alpha value is -3.64. The first-order valence-electron chi connectivity index (χ1n) is 12.6. The normalized spacial score (nSPS) is 14.2. The zero-order chi connectivity index (χ0) is 23.0. The SMILES string of the molecule is c1ccc(C(=C2CCCC(=C(c3ccccc3)c3ccccc3)CCC2)c2ccccc2)cc1. The van der Waals surface area contributed by atoms with Crippen LogP contribution in [-0.2, 0) is 0 Å². The molecule has 4 aromatic carbocycles. The molecule has 0 atom stereocenters. The standard InChI is InChI=1S/C34H32/c1-5-15-27(16-6-1)33(28-17-7-2-8-18-28)31-23-13-25-32(26-14-24-31)34(29-19-9-3-10-20-29)30-21-11-4-12-22-30/h1-12,15-22H,13-14,23-26H2. The van der Waals surface area contributed by atoms with Crippen LogP contribution in [0.3, 0.4) is 0 Å². The lowest BCUT2D eigenvalue weighted by atomic mass is 9.82. The van der Waals surface area contributed by atoms with Crippen LogP contribution in [0.1, 0.15) is 60.8 Å². The van der Waals surface area contributed by atoms with Gasteiger partial charge >= 0.3 is 0 Å². The molecule has 0 heterocycles. The van der Waals surface area contributed by atoms with Crippen molar-refractivity contribution in [3.63, 3.8) is 0 Å². The number of hydrogen-bond donors (Lipinski definition) is 0. The van der Waals surface area contributed by atoms with Gasteiger partial charge in [0.25, 0.3) is 0 Å². The van der Waals surface area contributed by atoms with Crippen LogP contribution in [0.4, 0.5) is 0 Å². The fraction of sp³-hybridized carbons (Fsp3) is 0.176. The molecule has 0 bridgehead atoms. The molecule has 0 spiro atoms. The summed E-state index contributed by atoms with van der Waals surface area (Å²) >= 11 is 0. The molecule has 0 unspecified atom stereocenters. The third-order valence-electron chi connectivity index (χ3n) is 6.87. The summed E-state index contributed by atoms with van der Waals surface area (Å²) in [6, 6.07) is 43.9. The minimum absolute atomic E-state index is 1.15. The quantitative estimate of drug-likeness (QED) is 0.296. The van der Waals surface area contributed by atoms with E-state index in [2.05, 4.69) is 121 Å². The summed E-state index contributed by atoms with van der Waals surface area (Å²) in [6.07, 6.45) is 6.99. The van der Waals surface area contributed by atoms with Gasteiger partial charge in [0.15, 0.2) is 0 Å². The van der Waals surface area contributed by atoms with Crippen molar-refractivity contribution in [2.75, 3.05) is 0 Å². The fourth-order valence-electron chi connectivity index (χ4n) is 5.35. The van der Waals surface area contributed by atoms with Crippen LogP contribution in [0.25, 0.3) is 11.1 Å². The van der Waals surface area contributed by atoms with Crippen LogP contribution in [-0.4, -0.2) is 0 Å². The molecule has 0 amide bonds. The first-order chi connectivity index (χ1) is 16.9. The monoisotopic (exact) mass is 440 g/mol. The Morgan fingerprint density at radius 3 is 0.794 bits per heavy atom. The molecule has 0 heteroatoms. The van der Waals surface area contributed by atoms with Crippen LogP contribution in [0.15, 0.2) is 132 Å². The van der Waals surface area contributed by atoms with Gasteiger partial charge in [-0.1, -0.05) is 132 Å². The number of hydrogen-bond acceptors (Lipinski definition) is 0. The van der Waals surface area contributed by atoms with Crippen molar-refractivity contribution in [2.24, 2.45) is 0 Å². The zero-order valence-corrected chi connectivity index (χ0v) is 19.8. The van der Waals surface area contributed by atoms with Gasteiger partial charge in [0.1, 0.15) is 0 Å². The van der Waals surface area contributed by atoms with Crippen molar-refractivity contribution in [1.29, 1.82) is 0 Å². The van der Waals surface area contributed by atoms with Crippen molar-refractivity contribution < 1.29 is 0 Å². The van der Waals surface area contributed by atoms with E-state index in [1.54, 1.807) is 11.1 Å². The van der Waals surface area contributed by atoms with Crippen LogP contribution >= 0.6 is 0 Å². The summed E-state index contributed by atoms with van der Waals surface area (Å²) in [5.74, 6) is 0. The van der Waals surface area contributed by atoms with Crippen molar-refractivity contribution in [3.8, 4) is 0 Å². The minimum atomic E-state index is 1.15. The van der Waals surface area contributed by atoms with E-state index < -0.39 is 0 Å². The second-order valence-electron chi connectivity index (χ2n) is 9.13. The highest BCUT2D eigenvalue weighted by atomic mass is 14.2. The number of rotatable bonds is 4. The van der Waals surface area contributed by atoms with Crippen molar-refractivity contribution in [2.45, 2.75) is 38.5 Å². The molecule has 0 aliphatic heterocycles. The average molecular weight is 441 g/mol. The highest BCUT2D eigenvalue weighted by molar-refractivity contribution is 5.83. The van der Waals surface area contributed by atoms with Gasteiger partial charge in [-0.25, -0.2) is 0 Å². The van der Waals surface area contributed by atoms with Gasteiger partial charge < -0.3 is 0 Å². The first-order valence-corrected chi connectivity index (χ1v) is 12.6. The van der Waals surface area contributed by atoms with Crippen LogP contribution in [0.2, 0.25) is 0 Å². The van der Waals surface area contributed by atoms with Gasteiger partial charge in [0.2, 0.25) is 0 Å². The lowest BCUT2D eigenvalue weighted by molar-refractivity contribution is 0.666. The van der Waals surface area contributed by atoms with E-state index in [0.29, 0.717) is 0 Å². The lowest BCUT2D eigenvalue weighted by Gasteiger charge is -2.23. The van der Waals surface area contributed by atoms with Gasteiger partial charge in [0.05, 0.1) is 0 Å². The minimum Gasteiger partial charge on any atom is -0.0622 e. The van der Waals surface area contributed by atoms with E-state index in [4.69, 9.17) is 0 Å². The molecule has 0 aromatic heterocycles. The molecule has 0 N–H and O–H groups in total. The molecule has 0 saturated heterocycles. The van der Waals surface area contributed by atoms with Crippen molar-refractivity contribution in [3.05, 3.63) is 155 Å². The van der Waals surface area contributed by atoms with E-state index in [-0.39, 0.29) is 0 Å². The van der Waals surface area contributed by atoms with Crippen molar-refractivity contribution >= 4 is 11.1 Å². The zero-order valence-electron chi connectivity index (χ0n) is 19.8. The first kappa shape index (κ1) is 22.2. The van der Waals surface area contributed by atoms with Gasteiger partial charge in [-0.2, -0.15) is 0 Å². The highest BCUT2D eigenvalue weighted by Crippen LogP contribution is 2.38. The molecule has 168 valence electrons. The van der Waals surface area contributed by atoms with E-state index in [0.717, 1.165) is 25.7 Å². The van der Waals surface area contributed by atoms with Gasteiger partial charge in [-0.05, 0) is 71.9 Å². The molecule has 1 aliphatic carbocycles. The van der Waals surface area contributed by atoms with Gasteiger partial charge in [-0.15, -0.1) is 0 Å². The molecular formula is C34H32. The van der Waals surface area contributed by atoms with E-state index in [1.165, 1.54) is 46.2 Å². The lowest BCUT2D eigenvalue weighted by Crippen LogP contribution is -2.02. The summed E-state index contributed by atoms with van der Waals surface area (Å²) < 4.78 is 0. The topological polar surface area (TPSA) is 0 Å². The maximum absolute atomic E-state index is 2.27. The summed E-state index contributed by atoms with van der Waals surface area (Å²) in [4.78, 5) is 0. The molecule has 34 heavy (non-hydrogen) atoms. The Kier molecular flexibility index (Phi) is 7.16. The largest absolute Gasteiger partial charge is 0.0622 e. The van der Waals surface area contributed by atoms with Gasteiger partial charge in [-0.3, -0.25) is 0 Å². The fourth-order valence-corrected chi connectivity index (χ4v) is 5.35. The molecule has 1 fully saturated rings. The Morgan fingerprint density at radius 1 is 0.324 bits per heavy atom. The highest BCUT2D eigenvalue weighted by Gasteiger charge is 2.17. The molecule has 0 nitrogen and oxygen atoms in total. The van der Waals surface area contributed by atoms with Crippen molar-refractivity contribution in [1.82, 2.24) is 0 Å². The maximum atomic E-state index is 2.27. The molecule has 1 saturated carbocycles. The average Bonchev–Trinajstić information content (AvgIpc) is 2.89. The maximum Gasteiger partial charge on any atom is -0.0119 e. The number of allylic oxidation sites excluding steroid dienone is 2. The van der Waals surface area contributed by atoms with E-state index in [1.807, 2.05) is 0 Å². The molecule has 4 aromatic rings. The summed E-state index contributed by atoms with van der Waals surface area (Å²) in [6.45, 7) is 0. The predicted octanol–water partition coefficient (Wildman–Crippen LogP) is 9.34. The summed E-state index contributed by atoms with van der Waals surface area (Å²) in [5.41, 5.74) is 11.5. The molecular weight excluding hydrogens is 408 g/mol. The Balaban J connectivity index is 1.50. The number of benzene rings is 4. The third-order valence-corrected chi connectivity index (χ3v) is 6.87. The Morgan fingerprint density at radius 2 is 0.559 bits per heavy atom. The smallest absolute Gasteiger partial charge is 0.0119 e. The Bertz CT molecular complexity index is 1050. The Labute approximate surface area is 204 Å². The van der Waals surface area contributed by atoms with Crippen LogP contribution < -0.4 is 0 Å². The predicted molar refractivity (Wildman–Crippen MR) is 146 cm³/mol. The second kappa shape index (κ2) is 11.0.